The van der Waals surface area contributed by atoms with Crippen LogP contribution >= 0.6 is 23.1 Å². The van der Waals surface area contributed by atoms with Crippen molar-refractivity contribution in [3.8, 4) is 11.3 Å². The Morgan fingerprint density at radius 2 is 1.97 bits per heavy atom. The fraction of sp³-hybridized carbons (Fsp3) is 0.0800. The molecule has 35 heavy (non-hydrogen) atoms. The predicted molar refractivity (Wildman–Crippen MR) is 135 cm³/mol. The predicted octanol–water partition coefficient (Wildman–Crippen LogP) is 4.83. The Labute approximate surface area is 208 Å². The van der Waals surface area contributed by atoms with E-state index in [2.05, 4.69) is 25.1 Å². The van der Waals surface area contributed by atoms with E-state index in [1.807, 2.05) is 42.5 Å². The molecule has 0 saturated heterocycles. The Morgan fingerprint density at radius 1 is 1.17 bits per heavy atom. The average Bonchev–Trinajstić information content (AvgIpc) is 3.57. The largest absolute Gasteiger partial charge is 0.340 e. The summed E-state index contributed by atoms with van der Waals surface area (Å²) in [5, 5.41) is 11.4. The van der Waals surface area contributed by atoms with Crippen molar-refractivity contribution in [1.82, 2.24) is 24.5 Å². The van der Waals surface area contributed by atoms with Crippen LogP contribution in [-0.4, -0.2) is 31.0 Å². The summed E-state index contributed by atoms with van der Waals surface area (Å²) in [7, 11) is 1.80. The van der Waals surface area contributed by atoms with Gasteiger partial charge in [-0.15, -0.1) is 0 Å². The first kappa shape index (κ1) is 21.5. The topological polar surface area (TPSA) is 102 Å². The normalized spacial score (nSPS) is 14.7. The van der Waals surface area contributed by atoms with Crippen molar-refractivity contribution < 1.29 is 9.59 Å². The number of hydrogen-bond acceptors (Lipinski definition) is 6. The van der Waals surface area contributed by atoms with Crippen LogP contribution in [0.2, 0.25) is 5.02 Å². The van der Waals surface area contributed by atoms with Crippen LogP contribution in [0.4, 0.5) is 5.69 Å². The number of anilines is 1. The molecule has 2 N–H and O–H groups in total. The van der Waals surface area contributed by atoms with Gasteiger partial charge in [-0.2, -0.15) is 9.47 Å². The molecule has 0 bridgehead atoms. The lowest BCUT2D eigenvalue weighted by Crippen LogP contribution is -2.21. The van der Waals surface area contributed by atoms with Crippen LogP contribution < -0.4 is 10.6 Å². The number of halogens is 1. The smallest absolute Gasteiger partial charge is 0.276 e. The molecule has 4 heterocycles. The van der Waals surface area contributed by atoms with Crippen LogP contribution in [0.3, 0.4) is 0 Å². The molecule has 1 aliphatic heterocycles. The monoisotopic (exact) mass is 500 g/mol. The number of aromatic nitrogens is 4. The maximum Gasteiger partial charge on any atom is 0.276 e. The molecule has 5 aromatic rings. The lowest BCUT2D eigenvalue weighted by atomic mass is 9.97. The van der Waals surface area contributed by atoms with Crippen LogP contribution in [0.25, 0.3) is 21.3 Å². The summed E-state index contributed by atoms with van der Waals surface area (Å²) in [4.78, 5) is 31.1. The Balaban J connectivity index is 1.51. The molecule has 2 amide bonds. The van der Waals surface area contributed by atoms with E-state index in [4.69, 9.17) is 11.6 Å². The van der Waals surface area contributed by atoms with Crippen LogP contribution in [0.15, 0.2) is 67.0 Å². The van der Waals surface area contributed by atoms with Gasteiger partial charge in [-0.1, -0.05) is 48.0 Å². The van der Waals surface area contributed by atoms with E-state index >= 15 is 0 Å². The second-order valence-corrected chi connectivity index (χ2v) is 9.34. The van der Waals surface area contributed by atoms with Gasteiger partial charge in [0, 0.05) is 34.8 Å². The quantitative estimate of drug-likeness (QED) is 0.368. The second-order valence-electron chi connectivity index (χ2n) is 8.13. The van der Waals surface area contributed by atoms with Crippen molar-refractivity contribution in [2.45, 2.75) is 6.04 Å². The number of amides is 2. The highest BCUT2D eigenvalue weighted by atomic mass is 35.5. The molecule has 2 aromatic carbocycles. The number of carbonyl (C=O) groups is 2. The number of nitrogens with zero attached hydrogens (tertiary/aromatic N) is 4. The van der Waals surface area contributed by atoms with E-state index in [0.29, 0.717) is 33.2 Å². The first-order valence-electron chi connectivity index (χ1n) is 10.7. The van der Waals surface area contributed by atoms with Gasteiger partial charge in [-0.25, -0.2) is 4.98 Å². The fourth-order valence-corrected chi connectivity index (χ4v) is 5.29. The van der Waals surface area contributed by atoms with Crippen LogP contribution in [0.5, 0.6) is 0 Å². The van der Waals surface area contributed by atoms with Crippen LogP contribution in [-0.2, 0) is 7.05 Å². The summed E-state index contributed by atoms with van der Waals surface area (Å²) >= 11 is 7.74. The number of pyridine rings is 1. The molecule has 1 aliphatic rings. The van der Waals surface area contributed by atoms with E-state index in [9.17, 15) is 9.59 Å². The summed E-state index contributed by atoms with van der Waals surface area (Å²) in [6.07, 6.45) is 3.46. The van der Waals surface area contributed by atoms with Gasteiger partial charge < -0.3 is 10.6 Å². The first-order chi connectivity index (χ1) is 17.0. The van der Waals surface area contributed by atoms with Gasteiger partial charge in [0.25, 0.3) is 11.8 Å². The Bertz CT molecular complexity index is 1640. The molecule has 0 radical (unpaired) electrons. The summed E-state index contributed by atoms with van der Waals surface area (Å²) in [6, 6.07) is 16.0. The zero-order valence-corrected chi connectivity index (χ0v) is 19.9. The maximum absolute atomic E-state index is 13.4. The number of hydrogen-bond donors (Lipinski definition) is 2. The van der Waals surface area contributed by atoms with Crippen molar-refractivity contribution in [2.24, 2.45) is 7.05 Å². The van der Waals surface area contributed by atoms with Crippen molar-refractivity contribution in [1.29, 1.82) is 0 Å². The molecule has 172 valence electrons. The maximum atomic E-state index is 13.4. The minimum Gasteiger partial charge on any atom is -0.340 e. The summed E-state index contributed by atoms with van der Waals surface area (Å²) < 4.78 is 6.94. The van der Waals surface area contributed by atoms with E-state index in [0.717, 1.165) is 15.6 Å². The van der Waals surface area contributed by atoms with Crippen molar-refractivity contribution in [3.05, 3.63) is 94.5 Å². The lowest BCUT2D eigenvalue weighted by Gasteiger charge is -2.18. The molecule has 10 heteroatoms. The number of aryl methyl sites for hydroxylation is 1. The second kappa shape index (κ2) is 8.30. The molecular weight excluding hydrogens is 484 g/mol. The van der Waals surface area contributed by atoms with Crippen molar-refractivity contribution in [3.63, 3.8) is 0 Å². The zero-order valence-electron chi connectivity index (χ0n) is 18.3. The van der Waals surface area contributed by atoms with Crippen LogP contribution in [0.1, 0.15) is 38.1 Å². The molecule has 0 spiro atoms. The number of carbonyl (C=O) groups excluding carboxylic acids is 2. The summed E-state index contributed by atoms with van der Waals surface area (Å²) in [6.45, 7) is 0. The molecule has 0 saturated carbocycles. The van der Waals surface area contributed by atoms with E-state index < -0.39 is 6.04 Å². The third kappa shape index (κ3) is 3.65. The molecule has 0 aliphatic carbocycles. The van der Waals surface area contributed by atoms with E-state index in [1.54, 1.807) is 36.3 Å². The van der Waals surface area contributed by atoms with Gasteiger partial charge in [0.1, 0.15) is 11.4 Å². The lowest BCUT2D eigenvalue weighted by molar-refractivity contribution is 0.0955. The highest BCUT2D eigenvalue weighted by Crippen LogP contribution is 2.40. The number of nitrogens with one attached hydrogen (secondary N) is 2. The Kier molecular flexibility index (Phi) is 5.09. The Hall–Kier alpha value is -4.08. The molecular formula is C25H17ClN6O2S. The van der Waals surface area contributed by atoms with Gasteiger partial charge in [-0.05, 0) is 35.3 Å². The highest BCUT2D eigenvalue weighted by molar-refractivity contribution is 7.13. The van der Waals surface area contributed by atoms with Gasteiger partial charge in [0.2, 0.25) is 0 Å². The highest BCUT2D eigenvalue weighted by Gasteiger charge is 2.36. The molecule has 0 unspecified atom stereocenters. The molecule has 1 atom stereocenters. The minimum absolute atomic E-state index is 0.231. The van der Waals surface area contributed by atoms with Gasteiger partial charge in [-0.3, -0.25) is 14.3 Å². The van der Waals surface area contributed by atoms with E-state index in [1.165, 1.54) is 11.5 Å². The molecule has 3 aromatic heterocycles. The van der Waals surface area contributed by atoms with E-state index in [-0.39, 0.29) is 17.5 Å². The van der Waals surface area contributed by atoms with Gasteiger partial charge in [0.05, 0.1) is 28.3 Å². The van der Waals surface area contributed by atoms with Gasteiger partial charge in [0.15, 0.2) is 0 Å². The molecule has 6 rings (SSSR count). The van der Waals surface area contributed by atoms with Crippen molar-refractivity contribution >= 4 is 50.7 Å². The number of fused-ring (bicyclic) bond motifs is 2. The first-order valence-corrected chi connectivity index (χ1v) is 11.9. The van der Waals surface area contributed by atoms with Crippen LogP contribution in [0, 0.1) is 0 Å². The third-order valence-electron chi connectivity index (χ3n) is 5.90. The standard InChI is InChI=1S/C25H17ClN6O2S/c1-32-12-13(11-27-32)17-10-18(29-24(33)22-15-7-3-5-9-19(15)35-31-22)20-21(30-25(34)23(20)28-17)14-6-2-4-8-16(14)26/h2-12,21H,1H3,(H,30,34)(H,28,29,33)/t21-/m1/s1. The van der Waals surface area contributed by atoms with Gasteiger partial charge >= 0.3 is 0 Å². The summed E-state index contributed by atoms with van der Waals surface area (Å²) in [5.74, 6) is -0.712. The number of rotatable bonds is 4. The zero-order chi connectivity index (χ0) is 24.1. The third-order valence-corrected chi connectivity index (χ3v) is 7.07. The Morgan fingerprint density at radius 3 is 2.77 bits per heavy atom. The van der Waals surface area contributed by atoms with Crippen molar-refractivity contribution in [2.75, 3.05) is 5.32 Å². The molecule has 8 nitrogen and oxygen atoms in total. The minimum atomic E-state index is -0.566. The SMILES string of the molecule is Cn1cc(-c2cc(NC(=O)c3nsc4ccccc34)c3c(n2)C(=O)N[C@@H]3c2ccccc2Cl)cn1. The number of benzene rings is 2. The molecule has 0 fully saturated rings. The summed E-state index contributed by atoms with van der Waals surface area (Å²) in [5.41, 5.74) is 3.53. The fourth-order valence-electron chi connectivity index (χ4n) is 4.27. The average molecular weight is 501 g/mol.